The van der Waals surface area contributed by atoms with Gasteiger partial charge in [0.25, 0.3) is 0 Å². The minimum Gasteiger partial charge on any atom is -0.371 e. The highest BCUT2D eigenvalue weighted by atomic mass is 16.5. The molecule has 2 aromatic carbocycles. The molecule has 0 spiro atoms. The van der Waals surface area contributed by atoms with E-state index in [-0.39, 0.29) is 0 Å². The van der Waals surface area contributed by atoms with Gasteiger partial charge >= 0.3 is 0 Å². The topological polar surface area (TPSA) is 9.23 Å². The Bertz CT molecular complexity index is 470. The maximum absolute atomic E-state index is 5.65. The third-order valence-corrected chi connectivity index (χ3v) is 3.16. The lowest BCUT2D eigenvalue weighted by Crippen LogP contribution is -1.92. The van der Waals surface area contributed by atoms with E-state index in [0.29, 0.717) is 6.61 Å². The van der Waals surface area contributed by atoms with Crippen molar-refractivity contribution in [1.29, 1.82) is 0 Å². The normalized spacial score (nSPS) is 10.9. The van der Waals surface area contributed by atoms with Gasteiger partial charge in [-0.25, -0.2) is 0 Å². The fourth-order valence-electron chi connectivity index (χ4n) is 2.13. The molecule has 0 aliphatic rings. The molecule has 0 saturated carbocycles. The van der Waals surface area contributed by atoms with Crippen LogP contribution in [-0.4, -0.2) is 0 Å². The van der Waals surface area contributed by atoms with Crippen LogP contribution in [0.4, 0.5) is 0 Å². The van der Waals surface area contributed by atoms with Crippen LogP contribution in [0.1, 0.15) is 38.2 Å². The summed E-state index contributed by atoms with van der Waals surface area (Å²) >= 11 is 0. The van der Waals surface area contributed by atoms with Crippen molar-refractivity contribution >= 4 is 10.8 Å². The molecular formula is C17H21O. The van der Waals surface area contributed by atoms with E-state index < -0.39 is 0 Å². The number of hydrogen-bond donors (Lipinski definition) is 0. The predicted octanol–water partition coefficient (Wildman–Crippen LogP) is 5.10. The van der Waals surface area contributed by atoms with Gasteiger partial charge < -0.3 is 4.74 Å². The fraction of sp³-hybridized carbons (Fsp3) is 0.353. The Kier molecular flexibility index (Phi) is 5.22. The van der Waals surface area contributed by atoms with Crippen LogP contribution in [0.5, 0.6) is 0 Å². The number of rotatable bonds is 7. The van der Waals surface area contributed by atoms with Gasteiger partial charge in [0.2, 0.25) is 0 Å². The van der Waals surface area contributed by atoms with Gasteiger partial charge in [-0.05, 0) is 22.8 Å². The maximum Gasteiger partial charge on any atom is 0.0841 e. The van der Waals surface area contributed by atoms with E-state index in [1.54, 1.807) is 0 Å². The van der Waals surface area contributed by atoms with Crippen LogP contribution in [0.15, 0.2) is 42.5 Å². The molecule has 1 heteroatoms. The number of unbranched alkanes of at least 4 members (excludes halogenated alkanes) is 3. The van der Waals surface area contributed by atoms with Crippen molar-refractivity contribution in [3.05, 3.63) is 54.6 Å². The lowest BCUT2D eigenvalue weighted by Gasteiger charge is -2.07. The molecule has 1 radical (unpaired) electrons. The first-order chi connectivity index (χ1) is 8.92. The first-order valence-electron chi connectivity index (χ1n) is 6.81. The zero-order valence-corrected chi connectivity index (χ0v) is 11.1. The molecule has 0 heterocycles. The third-order valence-electron chi connectivity index (χ3n) is 3.16. The van der Waals surface area contributed by atoms with Crippen LogP contribution < -0.4 is 0 Å². The van der Waals surface area contributed by atoms with E-state index in [1.165, 1.54) is 35.6 Å². The summed E-state index contributed by atoms with van der Waals surface area (Å²) in [6.07, 6.45) is 4.83. The lowest BCUT2D eigenvalue weighted by molar-refractivity contribution is 0.178. The van der Waals surface area contributed by atoms with Gasteiger partial charge in [-0.1, -0.05) is 68.7 Å². The molecule has 2 aromatic rings. The molecule has 1 nitrogen and oxygen atoms in total. The molecule has 0 amide bonds. The second-order valence-corrected chi connectivity index (χ2v) is 4.61. The van der Waals surface area contributed by atoms with Gasteiger partial charge in [-0.2, -0.15) is 0 Å². The molecule has 0 bridgehead atoms. The zero-order valence-electron chi connectivity index (χ0n) is 11.1. The molecule has 2 rings (SSSR count). The maximum atomic E-state index is 5.65. The van der Waals surface area contributed by atoms with Crippen molar-refractivity contribution < 1.29 is 4.74 Å². The molecule has 0 aromatic heterocycles. The highest BCUT2D eigenvalue weighted by Crippen LogP contribution is 2.19. The molecule has 0 N–H and O–H groups in total. The minimum atomic E-state index is 0.674. The molecule has 0 aliphatic heterocycles. The van der Waals surface area contributed by atoms with E-state index in [9.17, 15) is 0 Å². The molecular weight excluding hydrogens is 220 g/mol. The van der Waals surface area contributed by atoms with Gasteiger partial charge in [0.05, 0.1) is 13.2 Å². The number of benzene rings is 2. The predicted molar refractivity (Wildman–Crippen MR) is 77.2 cm³/mol. The van der Waals surface area contributed by atoms with Gasteiger partial charge in [-0.3, -0.25) is 0 Å². The fourth-order valence-corrected chi connectivity index (χ4v) is 2.13. The summed E-state index contributed by atoms with van der Waals surface area (Å²) in [6.45, 7) is 4.85. The summed E-state index contributed by atoms with van der Waals surface area (Å²) in [7, 11) is 0. The Morgan fingerprint density at radius 2 is 1.83 bits per heavy atom. The Balaban J connectivity index is 1.88. The highest BCUT2D eigenvalue weighted by Gasteiger charge is 2.00. The number of fused-ring (bicyclic) bond motifs is 1. The average molecular weight is 241 g/mol. The molecule has 18 heavy (non-hydrogen) atoms. The molecule has 0 fully saturated rings. The van der Waals surface area contributed by atoms with E-state index in [4.69, 9.17) is 4.74 Å². The lowest BCUT2D eigenvalue weighted by atomic mass is 10.1. The Morgan fingerprint density at radius 1 is 1.00 bits per heavy atom. The van der Waals surface area contributed by atoms with Crippen molar-refractivity contribution in [3.8, 4) is 0 Å². The van der Waals surface area contributed by atoms with Crippen LogP contribution in [0.2, 0.25) is 0 Å². The second kappa shape index (κ2) is 7.17. The van der Waals surface area contributed by atoms with E-state index in [1.807, 2.05) is 6.61 Å². The summed E-state index contributed by atoms with van der Waals surface area (Å²) in [5, 5.41) is 2.58. The Morgan fingerprint density at radius 3 is 2.72 bits per heavy atom. The number of ether oxygens (including phenoxy) is 1. The number of hydrogen-bond acceptors (Lipinski definition) is 1. The molecule has 0 aliphatic carbocycles. The van der Waals surface area contributed by atoms with Gasteiger partial charge in [0.15, 0.2) is 0 Å². The van der Waals surface area contributed by atoms with Crippen LogP contribution in [0.25, 0.3) is 10.8 Å². The second-order valence-electron chi connectivity index (χ2n) is 4.61. The van der Waals surface area contributed by atoms with Gasteiger partial charge in [0, 0.05) is 0 Å². The van der Waals surface area contributed by atoms with Crippen LogP contribution in [-0.2, 0) is 11.3 Å². The summed E-state index contributed by atoms with van der Waals surface area (Å²) < 4.78 is 5.65. The van der Waals surface area contributed by atoms with Crippen LogP contribution in [0, 0.1) is 6.61 Å². The molecule has 0 atom stereocenters. The highest BCUT2D eigenvalue weighted by molar-refractivity contribution is 5.85. The van der Waals surface area contributed by atoms with E-state index in [0.717, 1.165) is 6.42 Å². The largest absolute Gasteiger partial charge is 0.371 e. The standard InChI is InChI=1S/C17H21O/c1-2-3-4-7-13-18-14-16-11-8-10-15-9-5-6-12-17(15)16/h5-6,8-13H,2-4,7,14H2,1H3. The summed E-state index contributed by atoms with van der Waals surface area (Å²) in [5.41, 5.74) is 1.26. The van der Waals surface area contributed by atoms with Crippen molar-refractivity contribution in [2.75, 3.05) is 0 Å². The first kappa shape index (κ1) is 13.1. The monoisotopic (exact) mass is 241 g/mol. The average Bonchev–Trinajstić information content (AvgIpc) is 2.43. The van der Waals surface area contributed by atoms with Crippen molar-refractivity contribution in [2.24, 2.45) is 0 Å². The van der Waals surface area contributed by atoms with Crippen LogP contribution in [0.3, 0.4) is 0 Å². The Hall–Kier alpha value is -1.34. The molecule has 0 unspecified atom stereocenters. The van der Waals surface area contributed by atoms with E-state index in [2.05, 4.69) is 49.4 Å². The summed E-state index contributed by atoms with van der Waals surface area (Å²) in [6, 6.07) is 14.8. The third kappa shape index (κ3) is 3.58. The van der Waals surface area contributed by atoms with Crippen molar-refractivity contribution in [1.82, 2.24) is 0 Å². The van der Waals surface area contributed by atoms with Crippen LogP contribution >= 0.6 is 0 Å². The van der Waals surface area contributed by atoms with E-state index >= 15 is 0 Å². The summed E-state index contributed by atoms with van der Waals surface area (Å²) in [4.78, 5) is 0. The zero-order chi connectivity index (χ0) is 12.6. The first-order valence-corrected chi connectivity index (χ1v) is 6.81. The minimum absolute atomic E-state index is 0.674. The van der Waals surface area contributed by atoms with Gasteiger partial charge in [-0.15, -0.1) is 0 Å². The quantitative estimate of drug-likeness (QED) is 0.613. The summed E-state index contributed by atoms with van der Waals surface area (Å²) in [5.74, 6) is 0. The Labute approximate surface area is 110 Å². The SMILES string of the molecule is CCCCC[CH]OCc1cccc2ccccc12. The molecule has 95 valence electrons. The van der Waals surface area contributed by atoms with Crippen molar-refractivity contribution in [3.63, 3.8) is 0 Å². The smallest absolute Gasteiger partial charge is 0.0841 e. The van der Waals surface area contributed by atoms with Gasteiger partial charge in [0.1, 0.15) is 0 Å². The van der Waals surface area contributed by atoms with Crippen molar-refractivity contribution in [2.45, 2.75) is 39.2 Å². The molecule has 0 saturated heterocycles.